The number of nitrogens with one attached hydrogen (secondary N) is 2. The van der Waals surface area contributed by atoms with Gasteiger partial charge in [-0.3, -0.25) is 9.59 Å². The number of alkyl halides is 3. The van der Waals surface area contributed by atoms with E-state index in [1.54, 1.807) is 12.1 Å². The fourth-order valence-electron chi connectivity index (χ4n) is 2.54. The Morgan fingerprint density at radius 2 is 1.76 bits per heavy atom. The van der Waals surface area contributed by atoms with E-state index < -0.39 is 18.7 Å². The van der Waals surface area contributed by atoms with Gasteiger partial charge in [-0.2, -0.15) is 13.2 Å². The third-order valence-electron chi connectivity index (χ3n) is 4.14. The molecular weight excluding hydrogens is 409 g/mol. The van der Waals surface area contributed by atoms with Crippen molar-refractivity contribution in [2.45, 2.75) is 31.7 Å². The molecule has 0 atom stereocenters. The van der Waals surface area contributed by atoms with Crippen LogP contribution in [0.5, 0.6) is 0 Å². The molecule has 9 heteroatoms. The molecule has 2 amide bonds. The lowest BCUT2D eigenvalue weighted by molar-refractivity contribution is -0.176. The highest BCUT2D eigenvalue weighted by Gasteiger charge is 2.27. The molecule has 0 radical (unpaired) electrons. The Bertz CT molecular complexity index is 897. The minimum Gasteiger partial charge on any atom is -0.367 e. The Morgan fingerprint density at radius 1 is 1.07 bits per heavy atom. The fraction of sp³-hybridized carbons (Fsp3) is 0.300. The minimum absolute atomic E-state index is 0.150. The zero-order valence-electron chi connectivity index (χ0n) is 15.2. The Morgan fingerprint density at radius 3 is 2.38 bits per heavy atom. The summed E-state index contributed by atoms with van der Waals surface area (Å²) in [4.78, 5) is 24.9. The summed E-state index contributed by atoms with van der Waals surface area (Å²) in [5.74, 6) is -0.780. The maximum atomic E-state index is 12.5. The van der Waals surface area contributed by atoms with E-state index in [1.165, 1.54) is 30.3 Å². The lowest BCUT2D eigenvalue weighted by Crippen LogP contribution is -2.27. The SMILES string of the molecule is O=C(Nc1ccc(Cl)cc1C(=O)NC1CC1)c1ccc(COCC(F)(F)F)cc1. The molecule has 2 aromatic carbocycles. The van der Waals surface area contributed by atoms with Crippen molar-refractivity contribution in [1.29, 1.82) is 0 Å². The van der Waals surface area contributed by atoms with Gasteiger partial charge in [0.05, 0.1) is 17.9 Å². The molecule has 1 saturated carbocycles. The van der Waals surface area contributed by atoms with Crippen LogP contribution in [0.4, 0.5) is 18.9 Å². The third-order valence-corrected chi connectivity index (χ3v) is 4.37. The van der Waals surface area contributed by atoms with E-state index in [0.29, 0.717) is 16.3 Å². The monoisotopic (exact) mass is 426 g/mol. The van der Waals surface area contributed by atoms with Crippen LogP contribution in [0, 0.1) is 0 Å². The van der Waals surface area contributed by atoms with Gasteiger partial charge in [-0.1, -0.05) is 23.7 Å². The van der Waals surface area contributed by atoms with Crippen molar-refractivity contribution in [3.8, 4) is 0 Å². The second kappa shape index (κ2) is 8.84. The molecule has 154 valence electrons. The first-order valence-corrected chi connectivity index (χ1v) is 9.24. The minimum atomic E-state index is -4.39. The Kier molecular flexibility index (Phi) is 6.44. The number of benzene rings is 2. The zero-order chi connectivity index (χ0) is 21.0. The largest absolute Gasteiger partial charge is 0.411 e. The first-order valence-electron chi connectivity index (χ1n) is 8.86. The summed E-state index contributed by atoms with van der Waals surface area (Å²) in [6.07, 6.45) is -2.54. The lowest BCUT2D eigenvalue weighted by atomic mass is 10.1. The van der Waals surface area contributed by atoms with Gasteiger partial charge in [0.15, 0.2) is 0 Å². The van der Waals surface area contributed by atoms with Crippen LogP contribution in [0.15, 0.2) is 42.5 Å². The highest BCUT2D eigenvalue weighted by Crippen LogP contribution is 2.24. The van der Waals surface area contributed by atoms with Gasteiger partial charge in [0.1, 0.15) is 6.61 Å². The summed E-state index contributed by atoms with van der Waals surface area (Å²) in [6, 6.07) is 10.7. The van der Waals surface area contributed by atoms with Gasteiger partial charge in [0.2, 0.25) is 0 Å². The Balaban J connectivity index is 1.64. The van der Waals surface area contributed by atoms with Crippen LogP contribution in [0.1, 0.15) is 39.1 Å². The van der Waals surface area contributed by atoms with E-state index in [2.05, 4.69) is 15.4 Å². The van der Waals surface area contributed by atoms with Gasteiger partial charge < -0.3 is 15.4 Å². The molecule has 0 aliphatic heterocycles. The van der Waals surface area contributed by atoms with Gasteiger partial charge in [-0.05, 0) is 48.7 Å². The van der Waals surface area contributed by atoms with Crippen molar-refractivity contribution in [2.24, 2.45) is 0 Å². The van der Waals surface area contributed by atoms with Crippen molar-refractivity contribution >= 4 is 29.1 Å². The van der Waals surface area contributed by atoms with Crippen LogP contribution < -0.4 is 10.6 Å². The summed E-state index contributed by atoms with van der Waals surface area (Å²) in [5.41, 5.74) is 1.36. The first kappa shape index (κ1) is 21.1. The average molecular weight is 427 g/mol. The van der Waals surface area contributed by atoms with Crippen LogP contribution in [-0.2, 0) is 11.3 Å². The van der Waals surface area contributed by atoms with Gasteiger partial charge in [0.25, 0.3) is 11.8 Å². The quantitative estimate of drug-likeness (QED) is 0.682. The number of amides is 2. The van der Waals surface area contributed by atoms with E-state index in [1.807, 2.05) is 0 Å². The van der Waals surface area contributed by atoms with Gasteiger partial charge in [-0.15, -0.1) is 0 Å². The molecule has 0 aromatic heterocycles. The Hall–Kier alpha value is -2.58. The van der Waals surface area contributed by atoms with Crippen LogP contribution in [0.3, 0.4) is 0 Å². The predicted octanol–water partition coefficient (Wildman–Crippen LogP) is 4.56. The maximum Gasteiger partial charge on any atom is 0.411 e. The molecule has 0 spiro atoms. The number of rotatable bonds is 7. The topological polar surface area (TPSA) is 67.4 Å². The second-order valence-electron chi connectivity index (χ2n) is 6.70. The number of carbonyl (C=O) groups excluding carboxylic acids is 2. The number of hydrogen-bond acceptors (Lipinski definition) is 3. The van der Waals surface area contributed by atoms with Crippen molar-refractivity contribution in [1.82, 2.24) is 5.32 Å². The first-order chi connectivity index (χ1) is 13.7. The number of anilines is 1. The van der Waals surface area contributed by atoms with Crippen molar-refractivity contribution in [3.63, 3.8) is 0 Å². The average Bonchev–Trinajstić information content (AvgIpc) is 3.46. The Labute approximate surface area is 170 Å². The maximum absolute atomic E-state index is 12.5. The normalized spacial score (nSPS) is 13.8. The zero-order valence-corrected chi connectivity index (χ0v) is 15.9. The third kappa shape index (κ3) is 6.47. The summed E-state index contributed by atoms with van der Waals surface area (Å²) < 4.78 is 40.9. The van der Waals surface area contributed by atoms with Crippen LogP contribution in [0.2, 0.25) is 5.02 Å². The van der Waals surface area contributed by atoms with Crippen LogP contribution in [0.25, 0.3) is 0 Å². The standard InChI is InChI=1S/C20H18ClF3N2O3/c21-14-5-8-17(16(9-14)19(28)25-15-6-7-15)26-18(27)13-3-1-12(2-4-13)10-29-11-20(22,23)24/h1-5,8-9,15H,6-7,10-11H2,(H,25,28)(H,26,27). The number of hydrogen-bond donors (Lipinski definition) is 2. The van der Waals surface area contributed by atoms with Crippen molar-refractivity contribution in [3.05, 3.63) is 64.2 Å². The second-order valence-corrected chi connectivity index (χ2v) is 7.13. The molecule has 5 nitrogen and oxygen atoms in total. The summed E-state index contributed by atoms with van der Waals surface area (Å²) in [5, 5.41) is 5.89. The van der Waals surface area contributed by atoms with E-state index in [0.717, 1.165) is 12.8 Å². The smallest absolute Gasteiger partial charge is 0.367 e. The molecule has 1 aliphatic carbocycles. The van der Waals surface area contributed by atoms with E-state index in [9.17, 15) is 22.8 Å². The molecule has 0 saturated heterocycles. The molecule has 0 heterocycles. The summed E-state index contributed by atoms with van der Waals surface area (Å²) >= 11 is 5.98. The molecule has 29 heavy (non-hydrogen) atoms. The molecule has 2 aromatic rings. The number of ether oxygens (including phenoxy) is 1. The van der Waals surface area contributed by atoms with Crippen molar-refractivity contribution < 1.29 is 27.5 Å². The van der Waals surface area contributed by atoms with E-state index >= 15 is 0 Å². The van der Waals surface area contributed by atoms with Crippen LogP contribution >= 0.6 is 11.6 Å². The number of halogens is 4. The highest BCUT2D eigenvalue weighted by molar-refractivity contribution is 6.31. The molecule has 3 rings (SSSR count). The van der Waals surface area contributed by atoms with E-state index in [-0.39, 0.29) is 29.7 Å². The van der Waals surface area contributed by atoms with E-state index in [4.69, 9.17) is 11.6 Å². The molecule has 1 fully saturated rings. The number of carbonyl (C=O) groups is 2. The fourth-order valence-corrected chi connectivity index (χ4v) is 2.71. The molecule has 0 unspecified atom stereocenters. The van der Waals surface area contributed by atoms with Gasteiger partial charge in [0, 0.05) is 16.6 Å². The van der Waals surface area contributed by atoms with Gasteiger partial charge in [-0.25, -0.2) is 0 Å². The predicted molar refractivity (Wildman–Crippen MR) is 102 cm³/mol. The summed E-state index contributed by atoms with van der Waals surface area (Å²) in [6.45, 7) is -1.55. The molecule has 2 N–H and O–H groups in total. The van der Waals surface area contributed by atoms with Crippen LogP contribution in [-0.4, -0.2) is 30.6 Å². The molecule has 0 bridgehead atoms. The highest BCUT2D eigenvalue weighted by atomic mass is 35.5. The molecule has 1 aliphatic rings. The molecular formula is C20H18ClF3N2O3. The summed E-state index contributed by atoms with van der Waals surface area (Å²) in [7, 11) is 0. The van der Waals surface area contributed by atoms with Crippen molar-refractivity contribution in [2.75, 3.05) is 11.9 Å². The van der Waals surface area contributed by atoms with Gasteiger partial charge >= 0.3 is 6.18 Å². The lowest BCUT2D eigenvalue weighted by Gasteiger charge is -2.12.